The molecule has 1 fully saturated rings. The summed E-state index contributed by atoms with van der Waals surface area (Å²) in [7, 11) is -3.57. The molecule has 0 aromatic heterocycles. The van der Waals surface area contributed by atoms with Crippen LogP contribution in [0, 0.1) is 0 Å². The number of nitrogens with one attached hydrogen (secondary N) is 2. The van der Waals surface area contributed by atoms with Crippen LogP contribution in [0.5, 0.6) is 0 Å². The van der Waals surface area contributed by atoms with Crippen molar-refractivity contribution in [1.82, 2.24) is 10.6 Å². The smallest absolute Gasteiger partial charge is 0.238 e. The highest BCUT2D eigenvalue weighted by molar-refractivity contribution is 7.89. The first-order chi connectivity index (χ1) is 8.05. The number of rotatable bonds is 5. The average Bonchev–Trinajstić information content (AvgIpc) is 2.21. The molecule has 0 bridgehead atoms. The van der Waals surface area contributed by atoms with E-state index in [2.05, 4.69) is 10.6 Å². The van der Waals surface area contributed by atoms with Crippen LogP contribution >= 0.6 is 0 Å². The summed E-state index contributed by atoms with van der Waals surface area (Å²) in [6.45, 7) is 2.97. The molecule has 0 amide bonds. The van der Waals surface area contributed by atoms with Crippen LogP contribution in [0.2, 0.25) is 0 Å². The zero-order valence-electron chi connectivity index (χ0n) is 9.52. The van der Waals surface area contributed by atoms with Gasteiger partial charge in [-0.3, -0.25) is 0 Å². The predicted octanol–water partition coefficient (Wildman–Crippen LogP) is -0.562. The fourth-order valence-electron chi connectivity index (χ4n) is 1.70. The molecule has 2 rings (SSSR count). The largest absolute Gasteiger partial charge is 0.314 e. The first-order valence-corrected chi connectivity index (χ1v) is 7.16. The van der Waals surface area contributed by atoms with Gasteiger partial charge in [-0.25, -0.2) is 13.6 Å². The highest BCUT2D eigenvalue weighted by atomic mass is 32.2. The Balaban J connectivity index is 1.85. The number of sulfonamides is 1. The second-order valence-corrected chi connectivity index (χ2v) is 5.81. The van der Waals surface area contributed by atoms with E-state index in [9.17, 15) is 8.42 Å². The zero-order valence-corrected chi connectivity index (χ0v) is 10.3. The van der Waals surface area contributed by atoms with Gasteiger partial charge in [-0.15, -0.1) is 0 Å². The van der Waals surface area contributed by atoms with Crippen molar-refractivity contribution in [1.29, 1.82) is 0 Å². The molecule has 5 nitrogen and oxygen atoms in total. The molecule has 1 aliphatic rings. The topological polar surface area (TPSA) is 84.2 Å². The van der Waals surface area contributed by atoms with Crippen LogP contribution < -0.4 is 15.8 Å². The van der Waals surface area contributed by atoms with Crippen LogP contribution in [0.1, 0.15) is 5.56 Å². The minimum absolute atomic E-state index is 0.164. The summed E-state index contributed by atoms with van der Waals surface area (Å²) in [5.41, 5.74) is 1.11. The Hall–Kier alpha value is -0.950. The lowest BCUT2D eigenvalue weighted by Crippen LogP contribution is -2.55. The molecule has 0 saturated carbocycles. The van der Waals surface area contributed by atoms with Gasteiger partial charge in [-0.05, 0) is 30.7 Å². The Morgan fingerprint density at radius 3 is 2.41 bits per heavy atom. The summed E-state index contributed by atoms with van der Waals surface area (Å²) in [4.78, 5) is 0.164. The van der Waals surface area contributed by atoms with Crippen LogP contribution in [-0.4, -0.2) is 34.1 Å². The highest BCUT2D eigenvalue weighted by Gasteiger charge is 2.14. The Bertz CT molecular complexity index is 466. The Morgan fingerprint density at radius 1 is 1.29 bits per heavy atom. The van der Waals surface area contributed by atoms with Gasteiger partial charge in [0.1, 0.15) is 0 Å². The molecular formula is C11H17N3O2S. The van der Waals surface area contributed by atoms with E-state index in [0.29, 0.717) is 6.04 Å². The maximum Gasteiger partial charge on any atom is 0.238 e. The van der Waals surface area contributed by atoms with Crippen molar-refractivity contribution in [3.8, 4) is 0 Å². The molecule has 1 saturated heterocycles. The summed E-state index contributed by atoms with van der Waals surface area (Å²) in [6, 6.07) is 7.30. The second-order valence-electron chi connectivity index (χ2n) is 4.25. The summed E-state index contributed by atoms with van der Waals surface area (Å²) in [5.74, 6) is 0. The highest BCUT2D eigenvalue weighted by Crippen LogP contribution is 2.09. The van der Waals surface area contributed by atoms with E-state index in [0.717, 1.165) is 31.6 Å². The molecule has 6 heteroatoms. The normalized spacial score (nSPS) is 16.8. The molecule has 4 N–H and O–H groups in total. The van der Waals surface area contributed by atoms with Crippen LogP contribution in [-0.2, 0) is 16.4 Å². The van der Waals surface area contributed by atoms with Crippen molar-refractivity contribution < 1.29 is 8.42 Å². The number of nitrogens with two attached hydrogens (primary N) is 1. The fraction of sp³-hybridized carbons (Fsp3) is 0.455. The molecule has 0 spiro atoms. The van der Waals surface area contributed by atoms with Gasteiger partial charge in [0.25, 0.3) is 0 Å². The quantitative estimate of drug-likeness (QED) is 0.658. The van der Waals surface area contributed by atoms with Crippen molar-refractivity contribution in [3.63, 3.8) is 0 Å². The number of hydrogen-bond acceptors (Lipinski definition) is 4. The summed E-state index contributed by atoms with van der Waals surface area (Å²) >= 11 is 0. The van der Waals surface area contributed by atoms with Crippen molar-refractivity contribution in [2.75, 3.05) is 19.6 Å². The molecule has 1 heterocycles. The summed E-state index contributed by atoms with van der Waals surface area (Å²) in [6.07, 6.45) is 0.890. The van der Waals surface area contributed by atoms with Crippen LogP contribution in [0.3, 0.4) is 0 Å². The molecule has 0 radical (unpaired) electrons. The standard InChI is InChI=1S/C11H17N3O2S/c12-17(15,16)11-3-1-9(2-4-11)5-6-14-10-7-13-8-10/h1-4,10,13-14H,5-8H2,(H2,12,15,16). The van der Waals surface area contributed by atoms with E-state index in [-0.39, 0.29) is 4.90 Å². The molecule has 1 aromatic rings. The lowest BCUT2D eigenvalue weighted by Gasteiger charge is -2.28. The van der Waals surface area contributed by atoms with E-state index in [1.54, 1.807) is 24.3 Å². The molecule has 17 heavy (non-hydrogen) atoms. The fourth-order valence-corrected chi connectivity index (χ4v) is 2.21. The number of hydrogen-bond donors (Lipinski definition) is 3. The minimum Gasteiger partial charge on any atom is -0.314 e. The van der Waals surface area contributed by atoms with Gasteiger partial charge < -0.3 is 10.6 Å². The van der Waals surface area contributed by atoms with Gasteiger partial charge in [0.05, 0.1) is 4.90 Å². The van der Waals surface area contributed by atoms with E-state index >= 15 is 0 Å². The third kappa shape index (κ3) is 3.50. The van der Waals surface area contributed by atoms with Crippen molar-refractivity contribution in [2.45, 2.75) is 17.4 Å². The number of benzene rings is 1. The van der Waals surface area contributed by atoms with Crippen molar-refractivity contribution in [2.24, 2.45) is 5.14 Å². The monoisotopic (exact) mass is 255 g/mol. The van der Waals surface area contributed by atoms with E-state index < -0.39 is 10.0 Å². The average molecular weight is 255 g/mol. The van der Waals surface area contributed by atoms with Gasteiger partial charge in [-0.1, -0.05) is 12.1 Å². The third-order valence-corrected chi connectivity index (χ3v) is 3.81. The Morgan fingerprint density at radius 2 is 1.94 bits per heavy atom. The molecule has 94 valence electrons. The van der Waals surface area contributed by atoms with Gasteiger partial charge in [0.15, 0.2) is 0 Å². The van der Waals surface area contributed by atoms with Gasteiger partial charge >= 0.3 is 0 Å². The first kappa shape index (κ1) is 12.5. The minimum atomic E-state index is -3.57. The Kier molecular flexibility index (Phi) is 3.78. The van der Waals surface area contributed by atoms with Gasteiger partial charge in [0.2, 0.25) is 10.0 Å². The van der Waals surface area contributed by atoms with Crippen LogP contribution in [0.25, 0.3) is 0 Å². The summed E-state index contributed by atoms with van der Waals surface area (Å²) in [5, 5.41) is 11.6. The van der Waals surface area contributed by atoms with Gasteiger partial charge in [-0.2, -0.15) is 0 Å². The SMILES string of the molecule is NS(=O)(=O)c1ccc(CCNC2CNC2)cc1. The molecule has 0 aliphatic carbocycles. The molecule has 1 aromatic carbocycles. The lowest BCUT2D eigenvalue weighted by atomic mass is 10.1. The maximum atomic E-state index is 11.1. The third-order valence-electron chi connectivity index (χ3n) is 2.88. The molecule has 0 atom stereocenters. The zero-order chi connectivity index (χ0) is 12.3. The van der Waals surface area contributed by atoms with Gasteiger partial charge in [0, 0.05) is 19.1 Å². The van der Waals surface area contributed by atoms with Crippen molar-refractivity contribution >= 4 is 10.0 Å². The first-order valence-electron chi connectivity index (χ1n) is 5.61. The molecular weight excluding hydrogens is 238 g/mol. The van der Waals surface area contributed by atoms with Crippen LogP contribution in [0.15, 0.2) is 29.2 Å². The molecule has 1 aliphatic heterocycles. The summed E-state index contributed by atoms with van der Waals surface area (Å²) < 4.78 is 22.1. The molecule has 0 unspecified atom stereocenters. The predicted molar refractivity (Wildman–Crippen MR) is 66.2 cm³/mol. The maximum absolute atomic E-state index is 11.1. The van der Waals surface area contributed by atoms with Crippen molar-refractivity contribution in [3.05, 3.63) is 29.8 Å². The second kappa shape index (κ2) is 5.14. The van der Waals surface area contributed by atoms with E-state index in [1.165, 1.54) is 0 Å². The van der Waals surface area contributed by atoms with E-state index in [4.69, 9.17) is 5.14 Å². The lowest BCUT2D eigenvalue weighted by molar-refractivity contribution is 0.369. The van der Waals surface area contributed by atoms with Crippen LogP contribution in [0.4, 0.5) is 0 Å². The Labute approximate surface area is 101 Å². The number of primary sulfonamides is 1. The van der Waals surface area contributed by atoms with E-state index in [1.807, 2.05) is 0 Å².